The van der Waals surface area contributed by atoms with Crippen LogP contribution in [0.15, 0.2) is 18.5 Å². The van der Waals surface area contributed by atoms with E-state index in [1.54, 1.807) is 12.4 Å². The Morgan fingerprint density at radius 2 is 2.21 bits per heavy atom. The molecule has 0 radical (unpaired) electrons. The topological polar surface area (TPSA) is 41.0 Å². The zero-order valence-corrected chi connectivity index (χ0v) is 9.07. The molecule has 0 aliphatic carbocycles. The maximum Gasteiger partial charge on any atom is 0.0541 e. The molecule has 0 fully saturated rings. The van der Waals surface area contributed by atoms with Gasteiger partial charge in [-0.15, -0.1) is 0 Å². The highest BCUT2D eigenvalue weighted by atomic mass is 15.1. The molecule has 4 heteroatoms. The highest BCUT2D eigenvalue weighted by Crippen LogP contribution is 1.94. The molecule has 0 saturated carbocycles. The van der Waals surface area contributed by atoms with Crippen LogP contribution in [0.1, 0.15) is 12.5 Å². The molecule has 0 aliphatic heterocycles. The van der Waals surface area contributed by atoms with E-state index in [0.29, 0.717) is 6.04 Å². The van der Waals surface area contributed by atoms with E-state index < -0.39 is 0 Å². The molecule has 1 N–H and O–H groups in total. The minimum Gasteiger partial charge on any atom is -0.309 e. The highest BCUT2D eigenvalue weighted by Gasteiger charge is 2.02. The molecule has 1 aromatic heterocycles. The van der Waals surface area contributed by atoms with E-state index in [-0.39, 0.29) is 0 Å². The first kappa shape index (κ1) is 11.1. The third-order valence-electron chi connectivity index (χ3n) is 1.94. The second kappa shape index (κ2) is 5.67. The molecule has 4 nitrogen and oxygen atoms in total. The van der Waals surface area contributed by atoms with Crippen molar-refractivity contribution in [3.05, 3.63) is 24.0 Å². The minimum atomic E-state index is 0.484. The predicted molar refractivity (Wildman–Crippen MR) is 56.9 cm³/mol. The van der Waals surface area contributed by atoms with Crippen molar-refractivity contribution in [2.75, 3.05) is 20.6 Å². The van der Waals surface area contributed by atoms with Gasteiger partial charge in [-0.2, -0.15) is 10.2 Å². The molecule has 1 aromatic rings. The lowest BCUT2D eigenvalue weighted by molar-refractivity contribution is 0.349. The fourth-order valence-electron chi connectivity index (χ4n) is 1.33. The Kier molecular flexibility index (Phi) is 4.49. The predicted octanol–water partition coefficient (Wildman–Crippen LogP) is 0.516. The summed E-state index contributed by atoms with van der Waals surface area (Å²) in [6.07, 6.45) is 3.50. The van der Waals surface area contributed by atoms with Gasteiger partial charge in [-0.05, 0) is 32.6 Å². The monoisotopic (exact) mass is 194 g/mol. The van der Waals surface area contributed by atoms with Crippen LogP contribution >= 0.6 is 0 Å². The number of hydrogen-bond donors (Lipinski definition) is 1. The van der Waals surface area contributed by atoms with Gasteiger partial charge in [-0.3, -0.25) is 0 Å². The standard InChI is InChI=1S/C10H18N4/c1-9(8-14(2)3)11-6-10-4-5-12-13-7-10/h4-5,7,9,11H,6,8H2,1-3H3. The molecule has 0 bridgehead atoms. The van der Waals surface area contributed by atoms with Crippen molar-refractivity contribution < 1.29 is 0 Å². The zero-order chi connectivity index (χ0) is 10.4. The molecular weight excluding hydrogens is 176 g/mol. The smallest absolute Gasteiger partial charge is 0.0541 e. The number of likely N-dealkylation sites (N-methyl/N-ethyl adjacent to an activating group) is 1. The number of hydrogen-bond acceptors (Lipinski definition) is 4. The third kappa shape index (κ3) is 4.30. The van der Waals surface area contributed by atoms with Gasteiger partial charge < -0.3 is 10.2 Å². The minimum absolute atomic E-state index is 0.484. The van der Waals surface area contributed by atoms with Crippen molar-refractivity contribution in [3.63, 3.8) is 0 Å². The Bertz CT molecular complexity index is 248. The molecule has 1 atom stereocenters. The fourth-order valence-corrected chi connectivity index (χ4v) is 1.33. The Balaban J connectivity index is 2.27. The third-order valence-corrected chi connectivity index (χ3v) is 1.94. The Morgan fingerprint density at radius 3 is 2.79 bits per heavy atom. The van der Waals surface area contributed by atoms with E-state index in [4.69, 9.17) is 0 Å². The molecule has 1 unspecified atom stereocenters. The summed E-state index contributed by atoms with van der Waals surface area (Å²) in [5.74, 6) is 0. The summed E-state index contributed by atoms with van der Waals surface area (Å²) in [6.45, 7) is 4.07. The second-order valence-corrected chi connectivity index (χ2v) is 3.79. The molecule has 14 heavy (non-hydrogen) atoms. The molecule has 0 aliphatic rings. The summed E-state index contributed by atoms with van der Waals surface area (Å²) >= 11 is 0. The van der Waals surface area contributed by atoms with Crippen LogP contribution in [-0.2, 0) is 6.54 Å². The van der Waals surface area contributed by atoms with Gasteiger partial charge in [-0.1, -0.05) is 0 Å². The first-order chi connectivity index (χ1) is 6.68. The van der Waals surface area contributed by atoms with Crippen molar-refractivity contribution in [3.8, 4) is 0 Å². The fraction of sp³-hybridized carbons (Fsp3) is 0.600. The van der Waals surface area contributed by atoms with Crippen molar-refractivity contribution in [2.45, 2.75) is 19.5 Å². The van der Waals surface area contributed by atoms with Crippen LogP contribution < -0.4 is 5.32 Å². The summed E-state index contributed by atoms with van der Waals surface area (Å²) < 4.78 is 0. The average Bonchev–Trinajstić information content (AvgIpc) is 2.15. The van der Waals surface area contributed by atoms with Crippen LogP contribution in [-0.4, -0.2) is 41.8 Å². The number of nitrogens with zero attached hydrogens (tertiary/aromatic N) is 3. The lowest BCUT2D eigenvalue weighted by Crippen LogP contribution is -2.35. The van der Waals surface area contributed by atoms with E-state index in [0.717, 1.165) is 13.1 Å². The van der Waals surface area contributed by atoms with Gasteiger partial charge in [0.15, 0.2) is 0 Å². The summed E-state index contributed by atoms with van der Waals surface area (Å²) in [5, 5.41) is 11.0. The SMILES string of the molecule is CC(CN(C)C)NCc1ccnnc1. The van der Waals surface area contributed by atoms with E-state index in [2.05, 4.69) is 41.4 Å². The molecule has 0 amide bonds. The largest absolute Gasteiger partial charge is 0.309 e. The maximum absolute atomic E-state index is 3.82. The first-order valence-corrected chi connectivity index (χ1v) is 4.82. The van der Waals surface area contributed by atoms with Gasteiger partial charge in [0.05, 0.1) is 6.20 Å². The Hall–Kier alpha value is -1.00. The van der Waals surface area contributed by atoms with Crippen LogP contribution in [0, 0.1) is 0 Å². The molecule has 1 rings (SSSR count). The van der Waals surface area contributed by atoms with E-state index in [1.165, 1.54) is 5.56 Å². The molecule has 0 saturated heterocycles. The van der Waals surface area contributed by atoms with Gasteiger partial charge in [0.2, 0.25) is 0 Å². The zero-order valence-electron chi connectivity index (χ0n) is 9.07. The second-order valence-electron chi connectivity index (χ2n) is 3.79. The van der Waals surface area contributed by atoms with E-state index >= 15 is 0 Å². The van der Waals surface area contributed by atoms with Gasteiger partial charge in [0.25, 0.3) is 0 Å². The number of nitrogens with one attached hydrogen (secondary N) is 1. The quantitative estimate of drug-likeness (QED) is 0.742. The van der Waals surface area contributed by atoms with Gasteiger partial charge in [-0.25, -0.2) is 0 Å². The van der Waals surface area contributed by atoms with E-state index in [9.17, 15) is 0 Å². The van der Waals surface area contributed by atoms with E-state index in [1.807, 2.05) is 6.07 Å². The van der Waals surface area contributed by atoms with Crippen LogP contribution in [0.25, 0.3) is 0 Å². The summed E-state index contributed by atoms with van der Waals surface area (Å²) in [4.78, 5) is 2.17. The number of rotatable bonds is 5. The van der Waals surface area contributed by atoms with Crippen molar-refractivity contribution in [1.82, 2.24) is 20.4 Å². The normalized spacial score (nSPS) is 13.1. The molecule has 78 valence electrons. The van der Waals surface area contributed by atoms with Crippen molar-refractivity contribution in [2.24, 2.45) is 0 Å². The summed E-state index contributed by atoms with van der Waals surface area (Å²) in [7, 11) is 4.15. The van der Waals surface area contributed by atoms with Crippen LogP contribution in [0.4, 0.5) is 0 Å². The van der Waals surface area contributed by atoms with Gasteiger partial charge in [0, 0.05) is 25.3 Å². The lowest BCUT2D eigenvalue weighted by Gasteiger charge is -2.18. The van der Waals surface area contributed by atoms with Crippen LogP contribution in [0.3, 0.4) is 0 Å². The van der Waals surface area contributed by atoms with Gasteiger partial charge in [0.1, 0.15) is 0 Å². The maximum atomic E-state index is 3.82. The Morgan fingerprint density at radius 1 is 1.43 bits per heavy atom. The van der Waals surface area contributed by atoms with Crippen molar-refractivity contribution >= 4 is 0 Å². The van der Waals surface area contributed by atoms with Gasteiger partial charge >= 0.3 is 0 Å². The van der Waals surface area contributed by atoms with Crippen LogP contribution in [0.5, 0.6) is 0 Å². The number of aromatic nitrogens is 2. The summed E-state index contributed by atoms with van der Waals surface area (Å²) in [5.41, 5.74) is 1.17. The Labute approximate surface area is 85.3 Å². The lowest BCUT2D eigenvalue weighted by atomic mass is 10.2. The first-order valence-electron chi connectivity index (χ1n) is 4.82. The summed E-state index contributed by atoms with van der Waals surface area (Å²) in [6, 6.07) is 2.46. The molecule has 0 spiro atoms. The highest BCUT2D eigenvalue weighted by molar-refractivity contribution is 5.04. The van der Waals surface area contributed by atoms with Crippen LogP contribution in [0.2, 0.25) is 0 Å². The van der Waals surface area contributed by atoms with Crippen molar-refractivity contribution in [1.29, 1.82) is 0 Å². The average molecular weight is 194 g/mol. The molecule has 0 aromatic carbocycles. The molecule has 1 heterocycles. The molecular formula is C10H18N4.